The molecule has 2 aliphatic heterocycles. The van der Waals surface area contributed by atoms with Crippen molar-refractivity contribution in [2.24, 2.45) is 10.6 Å². The fourth-order valence-corrected chi connectivity index (χ4v) is 7.23. The average Bonchev–Trinajstić information content (AvgIpc) is 3.41. The highest BCUT2D eigenvalue weighted by molar-refractivity contribution is 6.38. The third-order valence-electron chi connectivity index (χ3n) is 9.93. The van der Waals surface area contributed by atoms with E-state index in [1.807, 2.05) is 34.6 Å². The van der Waals surface area contributed by atoms with Gasteiger partial charge in [-0.15, -0.1) is 0 Å². The lowest BCUT2D eigenvalue weighted by Crippen LogP contribution is -2.59. The molecule has 1 spiro atoms. The monoisotopic (exact) mass is 715 g/mol. The van der Waals surface area contributed by atoms with E-state index < -0.39 is 58.7 Å². The van der Waals surface area contributed by atoms with Crippen molar-refractivity contribution < 1.29 is 38.3 Å². The molecule has 2 saturated carbocycles. The Morgan fingerprint density at radius 1 is 1.10 bits per heavy atom. The Bertz CT molecular complexity index is 1530. The third-order valence-corrected chi connectivity index (χ3v) is 10.2. The van der Waals surface area contributed by atoms with Crippen LogP contribution in [-0.4, -0.2) is 89.7 Å². The number of likely N-dealkylation sites (tertiary alicyclic amines) is 1. The van der Waals surface area contributed by atoms with E-state index in [1.165, 1.54) is 12.0 Å². The zero-order valence-electron chi connectivity index (χ0n) is 29.9. The van der Waals surface area contributed by atoms with Crippen molar-refractivity contribution in [3.8, 4) is 5.75 Å². The maximum atomic E-state index is 14.5. The van der Waals surface area contributed by atoms with Crippen molar-refractivity contribution >= 4 is 46.9 Å². The van der Waals surface area contributed by atoms with Gasteiger partial charge in [0.15, 0.2) is 5.60 Å². The number of hydrogen-bond donors (Lipinski definition) is 3. The number of alkyl carbamates (subject to hydrolysis) is 1. The summed E-state index contributed by atoms with van der Waals surface area (Å²) in [4.78, 5) is 75.2. The van der Waals surface area contributed by atoms with E-state index in [-0.39, 0.29) is 38.0 Å². The molecule has 0 bridgehead atoms. The Morgan fingerprint density at radius 2 is 1.80 bits per heavy atom. The SMILES string of the molecule is CCC[C@H](NC(=O)[C@@H]1C[C@]2(CC(c3cc(Cl)c(OC)cc3C)=NO2)CN1C(=O)[C@@H](NC(=O)OC1CCCC1)C(C)(C)C)C(=O)C(=O)NC1CC1. The molecular weight excluding hydrogens is 666 g/mol. The maximum Gasteiger partial charge on any atom is 0.408 e. The minimum Gasteiger partial charge on any atom is -0.495 e. The largest absolute Gasteiger partial charge is 0.495 e. The molecule has 4 amide bonds. The Kier molecular flexibility index (Phi) is 11.3. The molecule has 3 N–H and O–H groups in total. The van der Waals surface area contributed by atoms with Gasteiger partial charge in [-0.1, -0.05) is 50.9 Å². The van der Waals surface area contributed by atoms with E-state index in [1.54, 1.807) is 12.1 Å². The lowest BCUT2D eigenvalue weighted by Gasteiger charge is -2.35. The lowest BCUT2D eigenvalue weighted by atomic mass is 9.85. The molecule has 0 unspecified atom stereocenters. The van der Waals surface area contributed by atoms with Gasteiger partial charge in [-0.25, -0.2) is 4.79 Å². The molecule has 50 heavy (non-hydrogen) atoms. The molecule has 14 heteroatoms. The van der Waals surface area contributed by atoms with E-state index in [4.69, 9.17) is 25.9 Å². The zero-order chi connectivity index (χ0) is 36.4. The Morgan fingerprint density at radius 3 is 2.42 bits per heavy atom. The Labute approximate surface area is 298 Å². The van der Waals surface area contributed by atoms with Crippen molar-refractivity contribution in [2.75, 3.05) is 13.7 Å². The van der Waals surface area contributed by atoms with Gasteiger partial charge in [0.05, 0.1) is 30.4 Å². The molecular formula is C36H50ClN5O8. The number of carbonyl (C=O) groups is 5. The summed E-state index contributed by atoms with van der Waals surface area (Å²) in [5.74, 6) is -2.03. The summed E-state index contributed by atoms with van der Waals surface area (Å²) in [6, 6.07) is 0.325. The molecule has 1 saturated heterocycles. The quantitative estimate of drug-likeness (QED) is 0.269. The number of nitrogens with zero attached hydrogens (tertiary/aromatic N) is 2. The highest BCUT2D eigenvalue weighted by Crippen LogP contribution is 2.41. The van der Waals surface area contributed by atoms with Crippen LogP contribution < -0.4 is 20.7 Å². The average molecular weight is 716 g/mol. The number of aryl methyl sites for hydroxylation is 1. The van der Waals surface area contributed by atoms with Gasteiger partial charge in [-0.05, 0) is 75.0 Å². The Balaban J connectivity index is 1.41. The second-order valence-corrected chi connectivity index (χ2v) is 15.6. The number of rotatable bonds is 12. The van der Waals surface area contributed by atoms with Gasteiger partial charge in [0.2, 0.25) is 17.6 Å². The highest BCUT2D eigenvalue weighted by Gasteiger charge is 2.56. The summed E-state index contributed by atoms with van der Waals surface area (Å²) in [5, 5.41) is 13.1. The minimum absolute atomic E-state index is 0.0135. The lowest BCUT2D eigenvalue weighted by molar-refractivity contribution is -0.144. The fraction of sp³-hybridized carbons (Fsp3) is 0.667. The second kappa shape index (κ2) is 15.2. The van der Waals surface area contributed by atoms with Crippen LogP contribution >= 0.6 is 11.6 Å². The van der Waals surface area contributed by atoms with E-state index >= 15 is 0 Å². The first-order valence-electron chi connectivity index (χ1n) is 17.7. The van der Waals surface area contributed by atoms with E-state index in [0.717, 1.165) is 49.7 Å². The number of oxime groups is 1. The van der Waals surface area contributed by atoms with Crippen LogP contribution in [0.25, 0.3) is 0 Å². The third kappa shape index (κ3) is 8.52. The topological polar surface area (TPSA) is 165 Å². The summed E-state index contributed by atoms with van der Waals surface area (Å²) >= 11 is 6.46. The smallest absolute Gasteiger partial charge is 0.408 e. The van der Waals surface area contributed by atoms with Crippen LogP contribution in [0.15, 0.2) is 17.3 Å². The predicted octanol–water partition coefficient (Wildman–Crippen LogP) is 4.34. The van der Waals surface area contributed by atoms with Gasteiger partial charge in [0.25, 0.3) is 5.91 Å². The van der Waals surface area contributed by atoms with Gasteiger partial charge in [0.1, 0.15) is 23.9 Å². The molecule has 5 rings (SSSR count). The molecule has 4 atom stereocenters. The summed E-state index contributed by atoms with van der Waals surface area (Å²) in [5.41, 5.74) is 0.361. The molecule has 1 aromatic carbocycles. The standard InChI is InChI=1S/C36H50ClN5O8/c1-7-10-25(29(43)32(45)38-21-13-14-21)39-31(44)27-18-36(17-26(41-50-36)23-16-24(37)28(48-6)15-20(23)2)19-42(27)33(46)30(35(3,4)5)40-34(47)49-22-11-8-9-12-22/h15-16,21-22,25,27,30H,7-14,17-19H2,1-6H3,(H,38,45)(H,39,44)(H,40,47)/t25-,27-,30+,36+/m0/s1. The van der Waals surface area contributed by atoms with Crippen LogP contribution in [-0.2, 0) is 28.8 Å². The first kappa shape index (κ1) is 37.4. The van der Waals surface area contributed by atoms with Crippen molar-refractivity contribution in [1.82, 2.24) is 20.9 Å². The van der Waals surface area contributed by atoms with Gasteiger partial charge in [0, 0.05) is 24.4 Å². The molecule has 13 nitrogen and oxygen atoms in total. The number of amides is 4. The summed E-state index contributed by atoms with van der Waals surface area (Å²) in [6.07, 6.45) is 5.33. The number of ether oxygens (including phenoxy) is 2. The first-order valence-corrected chi connectivity index (χ1v) is 18.0. The second-order valence-electron chi connectivity index (χ2n) is 15.2. The summed E-state index contributed by atoms with van der Waals surface area (Å²) in [7, 11) is 1.53. The molecule has 2 heterocycles. The van der Waals surface area contributed by atoms with Gasteiger partial charge < -0.3 is 35.2 Å². The van der Waals surface area contributed by atoms with Crippen LogP contribution in [0.1, 0.15) is 103 Å². The Hall–Kier alpha value is -3.87. The number of hydrogen-bond acceptors (Lipinski definition) is 9. The summed E-state index contributed by atoms with van der Waals surface area (Å²) < 4.78 is 11.0. The highest BCUT2D eigenvalue weighted by atomic mass is 35.5. The normalized spacial score (nSPS) is 23.1. The van der Waals surface area contributed by atoms with Crippen molar-refractivity contribution in [3.63, 3.8) is 0 Å². The molecule has 274 valence electrons. The van der Waals surface area contributed by atoms with Gasteiger partial charge >= 0.3 is 6.09 Å². The zero-order valence-corrected chi connectivity index (χ0v) is 30.6. The maximum absolute atomic E-state index is 14.5. The van der Waals surface area contributed by atoms with Crippen LogP contribution in [0.5, 0.6) is 5.75 Å². The van der Waals surface area contributed by atoms with Crippen LogP contribution in [0.3, 0.4) is 0 Å². The van der Waals surface area contributed by atoms with E-state index in [0.29, 0.717) is 22.9 Å². The minimum atomic E-state index is -1.09. The van der Waals surface area contributed by atoms with Crippen LogP contribution in [0.4, 0.5) is 4.79 Å². The molecule has 1 aromatic rings. The molecule has 3 fully saturated rings. The van der Waals surface area contributed by atoms with Gasteiger partial charge in [-0.2, -0.15) is 0 Å². The van der Waals surface area contributed by atoms with E-state index in [2.05, 4.69) is 21.1 Å². The van der Waals surface area contributed by atoms with Crippen molar-refractivity contribution in [2.45, 2.75) is 135 Å². The number of benzene rings is 1. The first-order chi connectivity index (χ1) is 23.6. The number of halogens is 1. The predicted molar refractivity (Wildman–Crippen MR) is 186 cm³/mol. The van der Waals surface area contributed by atoms with Crippen LogP contribution in [0, 0.1) is 12.3 Å². The number of methoxy groups -OCH3 is 1. The molecule has 0 aromatic heterocycles. The van der Waals surface area contributed by atoms with Crippen LogP contribution in [0.2, 0.25) is 5.02 Å². The number of carbonyl (C=O) groups excluding carboxylic acids is 5. The number of Topliss-reactive ketones (excluding diaryl/α,β-unsaturated/α-hetero) is 1. The van der Waals surface area contributed by atoms with Gasteiger partial charge in [-0.3, -0.25) is 19.2 Å². The summed E-state index contributed by atoms with van der Waals surface area (Å²) in [6.45, 7) is 9.21. The molecule has 2 aliphatic carbocycles. The van der Waals surface area contributed by atoms with E-state index in [9.17, 15) is 24.0 Å². The van der Waals surface area contributed by atoms with Crippen molar-refractivity contribution in [1.29, 1.82) is 0 Å². The molecule has 4 aliphatic rings. The van der Waals surface area contributed by atoms with Crippen molar-refractivity contribution in [3.05, 3.63) is 28.3 Å². The number of nitrogens with one attached hydrogen (secondary N) is 3. The fourth-order valence-electron chi connectivity index (χ4n) is 6.99. The number of ketones is 1. The molecule has 0 radical (unpaired) electrons.